The number of rotatable bonds is 10. The molecule has 0 bridgehead atoms. The van der Waals surface area contributed by atoms with E-state index in [2.05, 4.69) is 17.2 Å². The van der Waals surface area contributed by atoms with Crippen LogP contribution in [0.4, 0.5) is 0 Å². The zero-order chi connectivity index (χ0) is 18.2. The van der Waals surface area contributed by atoms with Crippen molar-refractivity contribution >= 4 is 29.5 Å². The predicted molar refractivity (Wildman–Crippen MR) is 91.9 cm³/mol. The highest BCUT2D eigenvalue weighted by Gasteiger charge is 2.39. The molecule has 0 aromatic carbocycles. The lowest BCUT2D eigenvalue weighted by Gasteiger charge is -2.34. The first-order chi connectivity index (χ1) is 10.6. The fourth-order valence-electron chi connectivity index (χ4n) is 2.09. The molecule has 3 unspecified atom stereocenters. The zero-order valence-corrected chi connectivity index (χ0v) is 15.0. The van der Waals surface area contributed by atoms with Crippen LogP contribution in [0, 0.1) is 5.92 Å². The number of thioether (sulfide) groups is 1. The molecule has 0 aromatic rings. The Hall–Kier alpha value is -1.54. The number of carbonyl (C=O) groups excluding carboxylic acids is 2. The fourth-order valence-corrected chi connectivity index (χ4v) is 2.86. The van der Waals surface area contributed by atoms with Crippen LogP contribution in [0.15, 0.2) is 12.3 Å². The van der Waals surface area contributed by atoms with Gasteiger partial charge in [-0.2, -0.15) is 11.8 Å². The van der Waals surface area contributed by atoms with Gasteiger partial charge in [0, 0.05) is 17.0 Å². The summed E-state index contributed by atoms with van der Waals surface area (Å²) in [6.07, 6.45) is 2.14. The van der Waals surface area contributed by atoms with E-state index in [4.69, 9.17) is 10.8 Å². The molecule has 8 heteroatoms. The first-order valence-electron chi connectivity index (χ1n) is 7.35. The lowest BCUT2D eigenvalue weighted by Crippen LogP contribution is -2.54. The third-order valence-corrected chi connectivity index (χ3v) is 5.31. The Morgan fingerprint density at radius 1 is 1.35 bits per heavy atom. The lowest BCUT2D eigenvalue weighted by atomic mass is 9.86. The monoisotopic (exact) mass is 345 g/mol. The summed E-state index contributed by atoms with van der Waals surface area (Å²) >= 11 is 1.43. The number of nitrogens with one attached hydrogen (secondary N) is 2. The van der Waals surface area contributed by atoms with E-state index in [-0.39, 0.29) is 13.0 Å². The van der Waals surface area contributed by atoms with Gasteiger partial charge >= 0.3 is 5.97 Å². The Labute approximate surface area is 141 Å². The minimum atomic E-state index is -1.06. The molecule has 0 radical (unpaired) electrons. The SMILES string of the molecule is C=C(C)NC(=O)C(CN)NC(=O)C(CC(=O)O)C(C)(CC)SC. The smallest absolute Gasteiger partial charge is 0.304 e. The molecule has 0 fully saturated rings. The second-order valence-corrected chi connectivity index (χ2v) is 6.93. The third kappa shape index (κ3) is 6.62. The van der Waals surface area contributed by atoms with Crippen molar-refractivity contribution in [2.75, 3.05) is 12.8 Å². The number of hydrogen-bond donors (Lipinski definition) is 4. The van der Waals surface area contributed by atoms with Gasteiger partial charge in [-0.1, -0.05) is 13.5 Å². The number of carbonyl (C=O) groups is 3. The number of aliphatic carboxylic acids is 1. The molecule has 3 atom stereocenters. The van der Waals surface area contributed by atoms with Crippen molar-refractivity contribution in [3.05, 3.63) is 12.3 Å². The maximum Gasteiger partial charge on any atom is 0.304 e. The second-order valence-electron chi connectivity index (χ2n) is 5.59. The van der Waals surface area contributed by atoms with E-state index >= 15 is 0 Å². The average Bonchev–Trinajstić information content (AvgIpc) is 2.48. The summed E-state index contributed by atoms with van der Waals surface area (Å²) < 4.78 is -0.549. The molecule has 0 saturated carbocycles. The van der Waals surface area contributed by atoms with Crippen LogP contribution in [-0.2, 0) is 14.4 Å². The highest BCUT2D eigenvalue weighted by atomic mass is 32.2. The van der Waals surface area contributed by atoms with Gasteiger partial charge in [-0.25, -0.2) is 0 Å². The van der Waals surface area contributed by atoms with Crippen LogP contribution in [0.2, 0.25) is 0 Å². The van der Waals surface area contributed by atoms with E-state index in [9.17, 15) is 14.4 Å². The number of allylic oxidation sites excluding steroid dienone is 1. The highest BCUT2D eigenvalue weighted by molar-refractivity contribution is 8.00. The Morgan fingerprint density at radius 3 is 2.26 bits per heavy atom. The van der Waals surface area contributed by atoms with Crippen LogP contribution in [0.25, 0.3) is 0 Å². The average molecular weight is 345 g/mol. The largest absolute Gasteiger partial charge is 0.481 e. The number of amides is 2. The Morgan fingerprint density at radius 2 is 1.91 bits per heavy atom. The Bertz CT molecular complexity index is 464. The normalized spacial score (nSPS) is 15.9. The molecule has 5 N–H and O–H groups in total. The summed E-state index contributed by atoms with van der Waals surface area (Å²) in [7, 11) is 0. The molecule has 0 aliphatic carbocycles. The molecule has 23 heavy (non-hydrogen) atoms. The lowest BCUT2D eigenvalue weighted by molar-refractivity contribution is -0.142. The van der Waals surface area contributed by atoms with Crippen molar-refractivity contribution in [2.24, 2.45) is 11.7 Å². The first-order valence-corrected chi connectivity index (χ1v) is 8.57. The van der Waals surface area contributed by atoms with Gasteiger partial charge in [0.1, 0.15) is 6.04 Å². The molecule has 0 spiro atoms. The van der Waals surface area contributed by atoms with E-state index in [1.807, 2.05) is 20.1 Å². The topological polar surface area (TPSA) is 122 Å². The Kier molecular flexibility index (Phi) is 8.93. The maximum atomic E-state index is 12.6. The summed E-state index contributed by atoms with van der Waals surface area (Å²) in [5, 5.41) is 14.2. The molecule has 2 amide bonds. The van der Waals surface area contributed by atoms with Crippen LogP contribution in [-0.4, -0.2) is 46.5 Å². The maximum absolute atomic E-state index is 12.6. The van der Waals surface area contributed by atoms with Crippen LogP contribution < -0.4 is 16.4 Å². The summed E-state index contributed by atoms with van der Waals surface area (Å²) in [4.78, 5) is 35.6. The van der Waals surface area contributed by atoms with Crippen molar-refractivity contribution < 1.29 is 19.5 Å². The van der Waals surface area contributed by atoms with Crippen LogP contribution >= 0.6 is 11.8 Å². The predicted octanol–water partition coefficient (Wildman–Crippen LogP) is 0.702. The third-order valence-electron chi connectivity index (χ3n) is 3.81. The van der Waals surface area contributed by atoms with Gasteiger partial charge in [-0.15, -0.1) is 0 Å². The van der Waals surface area contributed by atoms with Crippen molar-refractivity contribution in [3.63, 3.8) is 0 Å². The number of nitrogens with two attached hydrogens (primary N) is 1. The zero-order valence-electron chi connectivity index (χ0n) is 14.1. The van der Waals surface area contributed by atoms with E-state index in [1.165, 1.54) is 11.8 Å². The number of carboxylic acids is 1. The molecule has 0 heterocycles. The molecular weight excluding hydrogens is 318 g/mol. The van der Waals surface area contributed by atoms with Crippen LogP contribution in [0.3, 0.4) is 0 Å². The fraction of sp³-hybridized carbons (Fsp3) is 0.667. The molecule has 7 nitrogen and oxygen atoms in total. The van der Waals surface area contributed by atoms with Gasteiger partial charge in [0.15, 0.2) is 0 Å². The van der Waals surface area contributed by atoms with E-state index < -0.39 is 34.5 Å². The van der Waals surface area contributed by atoms with Gasteiger partial charge < -0.3 is 21.5 Å². The molecule has 0 rings (SSSR count). The van der Waals surface area contributed by atoms with Gasteiger partial charge in [0.25, 0.3) is 0 Å². The van der Waals surface area contributed by atoms with Crippen LogP contribution in [0.1, 0.15) is 33.6 Å². The van der Waals surface area contributed by atoms with E-state index in [0.717, 1.165) is 0 Å². The van der Waals surface area contributed by atoms with E-state index in [0.29, 0.717) is 12.1 Å². The summed E-state index contributed by atoms with van der Waals surface area (Å²) in [5.41, 5.74) is 5.98. The molecule has 0 aliphatic heterocycles. The second kappa shape index (κ2) is 9.57. The van der Waals surface area contributed by atoms with Gasteiger partial charge in [-0.05, 0) is 26.5 Å². The van der Waals surface area contributed by atoms with Crippen molar-refractivity contribution in [2.45, 2.75) is 44.4 Å². The summed E-state index contributed by atoms with van der Waals surface area (Å²) in [6, 6.07) is -0.932. The number of carboxylic acid groups (broad SMARTS) is 1. The standard InChI is InChI=1S/C15H27N3O4S/c1-6-15(4,23-5)10(7-12(19)20)13(21)18-11(8-16)14(22)17-9(2)3/h10-11H,2,6-8,16H2,1,3-5H3,(H,17,22)(H,18,21)(H,19,20). The first kappa shape index (κ1) is 21.5. The molecule has 0 saturated heterocycles. The summed E-state index contributed by atoms with van der Waals surface area (Å²) in [5.74, 6) is -2.79. The quantitative estimate of drug-likeness (QED) is 0.462. The number of hydrogen-bond acceptors (Lipinski definition) is 5. The van der Waals surface area contributed by atoms with Crippen LogP contribution in [0.5, 0.6) is 0 Å². The minimum Gasteiger partial charge on any atom is -0.481 e. The highest BCUT2D eigenvalue weighted by Crippen LogP contribution is 2.36. The molecule has 132 valence electrons. The Balaban J connectivity index is 5.25. The molecule has 0 aromatic heterocycles. The van der Waals surface area contributed by atoms with E-state index in [1.54, 1.807) is 6.92 Å². The van der Waals surface area contributed by atoms with Gasteiger partial charge in [0.2, 0.25) is 11.8 Å². The van der Waals surface area contributed by atoms with Crippen molar-refractivity contribution in [3.8, 4) is 0 Å². The minimum absolute atomic E-state index is 0.0905. The van der Waals surface area contributed by atoms with Crippen molar-refractivity contribution in [1.82, 2.24) is 10.6 Å². The molecular formula is C15H27N3O4S. The van der Waals surface area contributed by atoms with Gasteiger partial charge in [-0.3, -0.25) is 14.4 Å². The summed E-state index contributed by atoms with van der Waals surface area (Å²) in [6.45, 7) is 8.83. The van der Waals surface area contributed by atoms with Crippen molar-refractivity contribution in [1.29, 1.82) is 0 Å². The van der Waals surface area contributed by atoms with Gasteiger partial charge in [0.05, 0.1) is 12.3 Å². The molecule has 0 aliphatic rings.